The monoisotopic (exact) mass is 274 g/mol. The van der Waals surface area contributed by atoms with Crippen molar-refractivity contribution in [3.05, 3.63) is 29.8 Å². The first-order valence-electron chi connectivity index (χ1n) is 6.28. The molecule has 2 aromatic rings. The number of amides is 1. The molecule has 1 heterocycles. The van der Waals surface area contributed by atoms with Crippen molar-refractivity contribution in [2.45, 2.75) is 32.7 Å². The molecule has 0 spiro atoms. The summed E-state index contributed by atoms with van der Waals surface area (Å²) in [5.41, 5.74) is 4.21. The van der Waals surface area contributed by atoms with Crippen molar-refractivity contribution in [3.8, 4) is 11.4 Å². The third-order valence-corrected chi connectivity index (χ3v) is 2.91. The van der Waals surface area contributed by atoms with Crippen molar-refractivity contribution in [1.82, 2.24) is 25.6 Å². The topological polar surface area (TPSA) is 98.7 Å². The van der Waals surface area contributed by atoms with Crippen LogP contribution in [-0.2, 0) is 16.8 Å². The van der Waals surface area contributed by atoms with Crippen LogP contribution in [0.3, 0.4) is 0 Å². The predicted molar refractivity (Wildman–Crippen MR) is 74.3 cm³/mol. The van der Waals surface area contributed by atoms with Crippen LogP contribution in [0.2, 0.25) is 0 Å². The highest BCUT2D eigenvalue weighted by Crippen LogP contribution is 2.24. The average Bonchev–Trinajstić information content (AvgIpc) is 2.86. The first-order chi connectivity index (χ1) is 9.40. The average molecular weight is 274 g/mol. The quantitative estimate of drug-likeness (QED) is 0.486. The molecule has 0 aliphatic carbocycles. The zero-order valence-corrected chi connectivity index (χ0v) is 11.8. The molecule has 1 aromatic heterocycles. The lowest BCUT2D eigenvalue weighted by molar-refractivity contribution is -0.122. The molecule has 20 heavy (non-hydrogen) atoms. The lowest BCUT2D eigenvalue weighted by atomic mass is 9.87. The summed E-state index contributed by atoms with van der Waals surface area (Å²) < 4.78 is 0. The van der Waals surface area contributed by atoms with Crippen LogP contribution >= 0.6 is 0 Å². The van der Waals surface area contributed by atoms with Crippen molar-refractivity contribution >= 4 is 5.91 Å². The number of hydrazine groups is 1. The minimum Gasteiger partial charge on any atom is -0.293 e. The molecular formula is C13H18N6O. The maximum atomic E-state index is 11.1. The molecule has 2 rings (SSSR count). The van der Waals surface area contributed by atoms with Crippen LogP contribution in [0.1, 0.15) is 26.3 Å². The number of hydrogen-bond donors (Lipinski definition) is 2. The van der Waals surface area contributed by atoms with Gasteiger partial charge in [-0.1, -0.05) is 45.0 Å². The van der Waals surface area contributed by atoms with Crippen molar-refractivity contribution in [3.63, 3.8) is 0 Å². The Labute approximate surface area is 117 Å². The zero-order chi connectivity index (χ0) is 14.8. The van der Waals surface area contributed by atoms with Gasteiger partial charge in [-0.3, -0.25) is 10.2 Å². The number of rotatable bonds is 3. The molecule has 7 nitrogen and oxygen atoms in total. The summed E-state index contributed by atoms with van der Waals surface area (Å²) in [5, 5.41) is 11.9. The van der Waals surface area contributed by atoms with Crippen molar-refractivity contribution < 1.29 is 4.79 Å². The van der Waals surface area contributed by atoms with Gasteiger partial charge in [0.25, 0.3) is 5.91 Å². The summed E-state index contributed by atoms with van der Waals surface area (Å²) in [6, 6.07) is 7.99. The second-order valence-corrected chi connectivity index (χ2v) is 5.54. The van der Waals surface area contributed by atoms with Gasteiger partial charge in [-0.05, 0) is 16.2 Å². The van der Waals surface area contributed by atoms with E-state index in [2.05, 4.69) is 36.2 Å². The third kappa shape index (κ3) is 3.18. The third-order valence-electron chi connectivity index (χ3n) is 2.91. The fraction of sp³-hybridized carbons (Fsp3) is 0.385. The Morgan fingerprint density at radius 3 is 2.50 bits per heavy atom. The highest BCUT2D eigenvalue weighted by atomic mass is 16.2. The number of nitrogens with two attached hydrogens (primary N) is 1. The maximum Gasteiger partial charge on any atom is 0.257 e. The SMILES string of the molecule is CC(C)(C)c1ccc(-c2nnn(CC(=O)NN)n2)cc1. The predicted octanol–water partition coefficient (Wildman–Crippen LogP) is 0.628. The Morgan fingerprint density at radius 1 is 1.30 bits per heavy atom. The van der Waals surface area contributed by atoms with E-state index in [4.69, 9.17) is 5.84 Å². The minimum atomic E-state index is -0.378. The minimum absolute atomic E-state index is 0.0520. The number of carbonyl (C=O) groups excluding carboxylic acids is 1. The number of carbonyl (C=O) groups is 1. The van der Waals surface area contributed by atoms with Crippen LogP contribution in [0.5, 0.6) is 0 Å². The molecule has 0 aliphatic heterocycles. The van der Waals surface area contributed by atoms with Gasteiger partial charge in [-0.2, -0.15) is 4.80 Å². The summed E-state index contributed by atoms with van der Waals surface area (Å²) in [6.45, 7) is 6.41. The standard InChI is InChI=1S/C13H18N6O/c1-13(2,3)10-6-4-9(5-7-10)12-16-18-19(17-12)8-11(20)15-14/h4-7H,8,14H2,1-3H3,(H,15,20). The van der Waals surface area contributed by atoms with Crippen molar-refractivity contribution in [2.75, 3.05) is 0 Å². The number of tetrazole rings is 1. The largest absolute Gasteiger partial charge is 0.293 e. The van der Waals surface area contributed by atoms with Crippen molar-refractivity contribution in [1.29, 1.82) is 0 Å². The van der Waals surface area contributed by atoms with Crippen LogP contribution < -0.4 is 11.3 Å². The van der Waals surface area contributed by atoms with Crippen molar-refractivity contribution in [2.24, 2.45) is 5.84 Å². The van der Waals surface area contributed by atoms with E-state index in [0.29, 0.717) is 5.82 Å². The van der Waals surface area contributed by atoms with Crippen LogP contribution in [0.25, 0.3) is 11.4 Å². The molecule has 0 aliphatic rings. The fourth-order valence-corrected chi connectivity index (χ4v) is 1.72. The molecule has 1 aromatic carbocycles. The molecule has 106 valence electrons. The van der Waals surface area contributed by atoms with Crippen LogP contribution in [-0.4, -0.2) is 26.1 Å². The van der Waals surface area contributed by atoms with Gasteiger partial charge in [0.1, 0.15) is 6.54 Å². The zero-order valence-electron chi connectivity index (χ0n) is 11.8. The normalized spacial score (nSPS) is 11.4. The van der Waals surface area contributed by atoms with E-state index in [1.807, 2.05) is 29.7 Å². The molecule has 3 N–H and O–H groups in total. The van der Waals surface area contributed by atoms with Gasteiger partial charge in [0, 0.05) is 5.56 Å². The van der Waals surface area contributed by atoms with Gasteiger partial charge in [0.15, 0.2) is 0 Å². The number of nitrogens with zero attached hydrogens (tertiary/aromatic N) is 4. The van der Waals surface area contributed by atoms with E-state index in [-0.39, 0.29) is 17.9 Å². The summed E-state index contributed by atoms with van der Waals surface area (Å²) >= 11 is 0. The van der Waals surface area contributed by atoms with Gasteiger partial charge in [0.2, 0.25) is 5.82 Å². The Kier molecular flexibility index (Phi) is 3.80. The summed E-state index contributed by atoms with van der Waals surface area (Å²) in [7, 11) is 0. The van der Waals surface area contributed by atoms with Crippen LogP contribution in [0.15, 0.2) is 24.3 Å². The highest BCUT2D eigenvalue weighted by molar-refractivity contribution is 5.74. The molecule has 0 unspecified atom stereocenters. The van der Waals surface area contributed by atoms with Gasteiger partial charge in [-0.25, -0.2) is 5.84 Å². The fourth-order valence-electron chi connectivity index (χ4n) is 1.72. The number of aromatic nitrogens is 4. The molecule has 7 heteroatoms. The Balaban J connectivity index is 2.18. The Hall–Kier alpha value is -2.28. The van der Waals surface area contributed by atoms with E-state index in [1.165, 1.54) is 10.4 Å². The molecular weight excluding hydrogens is 256 g/mol. The molecule has 0 fully saturated rings. The van der Waals surface area contributed by atoms with Gasteiger partial charge >= 0.3 is 0 Å². The molecule has 1 amide bonds. The van der Waals surface area contributed by atoms with Gasteiger partial charge < -0.3 is 0 Å². The van der Waals surface area contributed by atoms with E-state index >= 15 is 0 Å². The van der Waals surface area contributed by atoms with E-state index in [1.54, 1.807) is 0 Å². The molecule has 0 bridgehead atoms. The first kappa shape index (κ1) is 14.1. The molecule has 0 saturated carbocycles. The maximum absolute atomic E-state index is 11.1. The van der Waals surface area contributed by atoms with E-state index < -0.39 is 0 Å². The smallest absolute Gasteiger partial charge is 0.257 e. The Bertz CT molecular complexity index is 596. The Morgan fingerprint density at radius 2 is 1.95 bits per heavy atom. The lowest BCUT2D eigenvalue weighted by Gasteiger charge is -2.18. The summed E-state index contributed by atoms with van der Waals surface area (Å²) in [6.07, 6.45) is 0. The van der Waals surface area contributed by atoms with E-state index in [9.17, 15) is 4.79 Å². The molecule has 0 saturated heterocycles. The second-order valence-electron chi connectivity index (χ2n) is 5.54. The van der Waals surface area contributed by atoms with Gasteiger partial charge in [0.05, 0.1) is 0 Å². The molecule has 0 atom stereocenters. The summed E-state index contributed by atoms with van der Waals surface area (Å²) in [4.78, 5) is 12.3. The molecule has 0 radical (unpaired) electrons. The number of benzene rings is 1. The van der Waals surface area contributed by atoms with Crippen LogP contribution in [0, 0.1) is 0 Å². The van der Waals surface area contributed by atoms with Crippen LogP contribution in [0.4, 0.5) is 0 Å². The lowest BCUT2D eigenvalue weighted by Crippen LogP contribution is -2.33. The highest BCUT2D eigenvalue weighted by Gasteiger charge is 2.14. The second kappa shape index (κ2) is 5.38. The van der Waals surface area contributed by atoms with E-state index in [0.717, 1.165) is 5.56 Å². The first-order valence-corrected chi connectivity index (χ1v) is 6.28. The van der Waals surface area contributed by atoms with Gasteiger partial charge in [-0.15, -0.1) is 10.2 Å². The number of nitrogens with one attached hydrogen (secondary N) is 1. The summed E-state index contributed by atoms with van der Waals surface area (Å²) in [5.74, 6) is 5.11. The number of hydrogen-bond acceptors (Lipinski definition) is 5.